The molecular weight excluding hydrogens is 194 g/mol. The molecule has 0 aromatic carbocycles. The molecule has 80 valence electrons. The second-order valence-corrected chi connectivity index (χ2v) is 4.54. The van der Waals surface area contributed by atoms with Gasteiger partial charge < -0.3 is 11.1 Å². The van der Waals surface area contributed by atoms with Gasteiger partial charge >= 0.3 is 0 Å². The Hall–Kier alpha value is -0.450. The molecular formula is C10H19N3S. The number of thiazole rings is 1. The van der Waals surface area contributed by atoms with Crippen LogP contribution < -0.4 is 11.1 Å². The van der Waals surface area contributed by atoms with Crippen molar-refractivity contribution < 1.29 is 0 Å². The maximum Gasteiger partial charge on any atom is 0.0897 e. The third-order valence-electron chi connectivity index (χ3n) is 2.16. The van der Waals surface area contributed by atoms with Crippen LogP contribution in [0.3, 0.4) is 0 Å². The lowest BCUT2D eigenvalue weighted by atomic mass is 10.2. The number of aryl methyl sites for hydroxylation is 1. The third-order valence-corrected chi connectivity index (χ3v) is 2.98. The molecule has 1 rings (SSSR count). The first-order valence-electron chi connectivity index (χ1n) is 5.09. The predicted molar refractivity (Wildman–Crippen MR) is 61.7 cm³/mol. The zero-order valence-electron chi connectivity index (χ0n) is 8.92. The van der Waals surface area contributed by atoms with Gasteiger partial charge in [-0.15, -0.1) is 11.3 Å². The van der Waals surface area contributed by atoms with Crippen LogP contribution in [-0.4, -0.2) is 24.1 Å². The Balaban J connectivity index is 2.10. The minimum Gasteiger partial charge on any atom is -0.327 e. The second-order valence-electron chi connectivity index (χ2n) is 3.48. The van der Waals surface area contributed by atoms with Crippen molar-refractivity contribution >= 4 is 11.3 Å². The Morgan fingerprint density at radius 3 is 3.00 bits per heavy atom. The summed E-state index contributed by atoms with van der Waals surface area (Å²) in [6, 6.07) is 0.284. The molecule has 0 fully saturated rings. The summed E-state index contributed by atoms with van der Waals surface area (Å²) in [5.74, 6) is 0. The van der Waals surface area contributed by atoms with Gasteiger partial charge in [-0.1, -0.05) is 6.92 Å². The van der Waals surface area contributed by atoms with E-state index in [1.807, 2.05) is 6.92 Å². The average Bonchev–Trinajstić information content (AvgIpc) is 2.58. The SMILES string of the molecule is CCC(N)CNCCc1csc(C)n1. The summed E-state index contributed by atoms with van der Waals surface area (Å²) in [6.07, 6.45) is 2.03. The van der Waals surface area contributed by atoms with Crippen molar-refractivity contribution in [2.45, 2.75) is 32.7 Å². The maximum absolute atomic E-state index is 5.78. The van der Waals surface area contributed by atoms with Gasteiger partial charge in [0, 0.05) is 30.9 Å². The summed E-state index contributed by atoms with van der Waals surface area (Å²) in [5, 5.41) is 6.60. The minimum absolute atomic E-state index is 0.284. The second kappa shape index (κ2) is 6.11. The van der Waals surface area contributed by atoms with Crippen LogP contribution in [0, 0.1) is 6.92 Å². The highest BCUT2D eigenvalue weighted by Crippen LogP contribution is 2.07. The van der Waals surface area contributed by atoms with E-state index in [0.717, 1.165) is 30.9 Å². The van der Waals surface area contributed by atoms with Gasteiger partial charge in [0.25, 0.3) is 0 Å². The molecule has 4 heteroatoms. The summed E-state index contributed by atoms with van der Waals surface area (Å²) < 4.78 is 0. The highest BCUT2D eigenvalue weighted by molar-refractivity contribution is 7.09. The topological polar surface area (TPSA) is 50.9 Å². The van der Waals surface area contributed by atoms with Gasteiger partial charge in [-0.3, -0.25) is 0 Å². The van der Waals surface area contributed by atoms with Gasteiger partial charge in [0.1, 0.15) is 0 Å². The fourth-order valence-corrected chi connectivity index (χ4v) is 1.82. The molecule has 3 nitrogen and oxygen atoms in total. The zero-order chi connectivity index (χ0) is 10.4. The standard InChI is InChI=1S/C10H19N3S/c1-3-9(11)6-12-5-4-10-7-14-8(2)13-10/h7,9,12H,3-6,11H2,1-2H3. The van der Waals surface area contributed by atoms with E-state index in [2.05, 4.69) is 22.6 Å². The van der Waals surface area contributed by atoms with Crippen molar-refractivity contribution in [3.05, 3.63) is 16.1 Å². The van der Waals surface area contributed by atoms with E-state index in [9.17, 15) is 0 Å². The lowest BCUT2D eigenvalue weighted by Crippen LogP contribution is -2.34. The summed E-state index contributed by atoms with van der Waals surface area (Å²) in [4.78, 5) is 4.39. The van der Waals surface area contributed by atoms with E-state index < -0.39 is 0 Å². The number of nitrogens with two attached hydrogens (primary N) is 1. The maximum atomic E-state index is 5.78. The van der Waals surface area contributed by atoms with Crippen molar-refractivity contribution in [3.8, 4) is 0 Å². The lowest BCUT2D eigenvalue weighted by molar-refractivity contribution is 0.563. The number of hydrogen-bond acceptors (Lipinski definition) is 4. The molecule has 0 bridgehead atoms. The summed E-state index contributed by atoms with van der Waals surface area (Å²) >= 11 is 1.71. The zero-order valence-corrected chi connectivity index (χ0v) is 9.73. The lowest BCUT2D eigenvalue weighted by Gasteiger charge is -2.09. The van der Waals surface area contributed by atoms with E-state index in [1.165, 1.54) is 5.69 Å². The van der Waals surface area contributed by atoms with Crippen LogP contribution in [0.2, 0.25) is 0 Å². The first kappa shape index (κ1) is 11.6. The van der Waals surface area contributed by atoms with Gasteiger partial charge in [0.05, 0.1) is 10.7 Å². The molecule has 14 heavy (non-hydrogen) atoms. The molecule has 0 saturated heterocycles. The Bertz CT molecular complexity index is 260. The molecule has 1 aromatic rings. The van der Waals surface area contributed by atoms with Crippen LogP contribution >= 0.6 is 11.3 Å². The van der Waals surface area contributed by atoms with Crippen LogP contribution in [0.25, 0.3) is 0 Å². The van der Waals surface area contributed by atoms with Crippen LogP contribution in [0.15, 0.2) is 5.38 Å². The number of hydrogen-bond donors (Lipinski definition) is 2. The molecule has 1 aromatic heterocycles. The molecule has 0 aliphatic carbocycles. The molecule has 0 radical (unpaired) electrons. The number of aromatic nitrogens is 1. The molecule has 0 amide bonds. The van der Waals surface area contributed by atoms with E-state index in [0.29, 0.717) is 0 Å². The molecule has 0 aliphatic rings. The smallest absolute Gasteiger partial charge is 0.0897 e. The third kappa shape index (κ3) is 4.17. The molecule has 0 saturated carbocycles. The summed E-state index contributed by atoms with van der Waals surface area (Å²) in [6.45, 7) is 6.02. The summed E-state index contributed by atoms with van der Waals surface area (Å²) in [7, 11) is 0. The van der Waals surface area contributed by atoms with Gasteiger partial charge in [0.2, 0.25) is 0 Å². The Labute approximate surface area is 89.7 Å². The van der Waals surface area contributed by atoms with E-state index >= 15 is 0 Å². The monoisotopic (exact) mass is 213 g/mol. The van der Waals surface area contributed by atoms with Crippen LogP contribution in [-0.2, 0) is 6.42 Å². The van der Waals surface area contributed by atoms with Gasteiger partial charge in [-0.25, -0.2) is 4.98 Å². The average molecular weight is 213 g/mol. The Morgan fingerprint density at radius 2 is 2.43 bits per heavy atom. The van der Waals surface area contributed by atoms with E-state index in [4.69, 9.17) is 5.73 Å². The van der Waals surface area contributed by atoms with Crippen molar-refractivity contribution in [1.29, 1.82) is 0 Å². The van der Waals surface area contributed by atoms with Crippen LogP contribution in [0.1, 0.15) is 24.0 Å². The van der Waals surface area contributed by atoms with E-state index in [1.54, 1.807) is 11.3 Å². The summed E-state index contributed by atoms with van der Waals surface area (Å²) in [5.41, 5.74) is 6.97. The number of nitrogens with zero attached hydrogens (tertiary/aromatic N) is 1. The number of rotatable bonds is 6. The minimum atomic E-state index is 0.284. The fourth-order valence-electron chi connectivity index (χ4n) is 1.17. The molecule has 0 spiro atoms. The quantitative estimate of drug-likeness (QED) is 0.701. The Morgan fingerprint density at radius 1 is 1.64 bits per heavy atom. The molecule has 1 heterocycles. The first-order chi connectivity index (χ1) is 6.72. The van der Waals surface area contributed by atoms with Crippen LogP contribution in [0.5, 0.6) is 0 Å². The van der Waals surface area contributed by atoms with Gasteiger partial charge in [-0.2, -0.15) is 0 Å². The normalized spacial score (nSPS) is 13.1. The molecule has 1 atom stereocenters. The van der Waals surface area contributed by atoms with Crippen molar-refractivity contribution in [2.75, 3.05) is 13.1 Å². The fraction of sp³-hybridized carbons (Fsp3) is 0.700. The number of nitrogens with one attached hydrogen (secondary N) is 1. The van der Waals surface area contributed by atoms with Crippen molar-refractivity contribution in [2.24, 2.45) is 5.73 Å². The molecule has 1 unspecified atom stereocenters. The van der Waals surface area contributed by atoms with Gasteiger partial charge in [-0.05, 0) is 13.3 Å². The largest absolute Gasteiger partial charge is 0.327 e. The predicted octanol–water partition coefficient (Wildman–Crippen LogP) is 1.32. The first-order valence-corrected chi connectivity index (χ1v) is 5.97. The van der Waals surface area contributed by atoms with Crippen molar-refractivity contribution in [3.63, 3.8) is 0 Å². The highest BCUT2D eigenvalue weighted by atomic mass is 32.1. The van der Waals surface area contributed by atoms with Crippen LogP contribution in [0.4, 0.5) is 0 Å². The van der Waals surface area contributed by atoms with Crippen molar-refractivity contribution in [1.82, 2.24) is 10.3 Å². The molecule has 0 aliphatic heterocycles. The highest BCUT2D eigenvalue weighted by Gasteiger charge is 1.99. The van der Waals surface area contributed by atoms with Gasteiger partial charge in [0.15, 0.2) is 0 Å². The Kier molecular flexibility index (Phi) is 5.07. The molecule has 3 N–H and O–H groups in total. The van der Waals surface area contributed by atoms with E-state index in [-0.39, 0.29) is 6.04 Å².